The number of nitrogens with zero attached hydrogens (tertiary/aromatic N) is 2. The summed E-state index contributed by atoms with van der Waals surface area (Å²) in [7, 11) is 0. The van der Waals surface area contributed by atoms with Gasteiger partial charge in [0.25, 0.3) is 0 Å². The highest BCUT2D eigenvalue weighted by Crippen LogP contribution is 2.58. The Hall–Kier alpha value is -2.19. The van der Waals surface area contributed by atoms with Crippen LogP contribution in [0.1, 0.15) is 72.6 Å². The van der Waals surface area contributed by atoms with Crippen LogP contribution >= 0.6 is 0 Å². The maximum Gasteiger partial charge on any atom is 0.313 e. The number of ether oxygens (including phenoxy) is 2. The normalized spacial score (nSPS) is 35.3. The molecule has 8 heteroatoms. The number of esters is 1. The van der Waals surface area contributed by atoms with Gasteiger partial charge in [0.2, 0.25) is 11.8 Å². The number of rotatable bonds is 9. The lowest BCUT2D eigenvalue weighted by molar-refractivity contribution is -0.163. The van der Waals surface area contributed by atoms with Crippen molar-refractivity contribution in [2.24, 2.45) is 17.8 Å². The molecule has 206 valence electrons. The second-order valence-corrected chi connectivity index (χ2v) is 11.4. The van der Waals surface area contributed by atoms with Gasteiger partial charge in [-0.2, -0.15) is 0 Å². The molecule has 4 aliphatic rings. The van der Waals surface area contributed by atoms with Crippen LogP contribution < -0.4 is 0 Å². The standard InChI is InChI=1S/C29H44N2O6/c1-5-7-10-15-30-16-12-14-29-22(23-27(35)36-17-11-8-9-13-28(23,6-2)37-29)25(33)31(24(29)26(30)34)21(19-32)18-20(3)4/h9,12-14,20-24,32H,5-8,10-11,15-19H2,1-4H3/b13-9-/t21-,22+,23-,24?,28+,29+/m1/s1. The predicted molar refractivity (Wildman–Crippen MR) is 139 cm³/mol. The van der Waals surface area contributed by atoms with E-state index in [9.17, 15) is 19.5 Å². The molecule has 0 aromatic carbocycles. The molecule has 2 saturated heterocycles. The van der Waals surface area contributed by atoms with Crippen molar-refractivity contribution in [1.82, 2.24) is 9.80 Å². The highest BCUT2D eigenvalue weighted by atomic mass is 16.6. The Kier molecular flexibility index (Phi) is 8.48. The van der Waals surface area contributed by atoms with Crippen LogP contribution in [0.5, 0.6) is 0 Å². The summed E-state index contributed by atoms with van der Waals surface area (Å²) in [5.74, 6) is -2.48. The first-order valence-electron chi connectivity index (χ1n) is 14.2. The number of hydrogen-bond donors (Lipinski definition) is 1. The molecule has 0 aromatic heterocycles. The number of amides is 2. The van der Waals surface area contributed by atoms with Crippen LogP contribution in [-0.2, 0) is 23.9 Å². The zero-order valence-corrected chi connectivity index (χ0v) is 22.9. The smallest absolute Gasteiger partial charge is 0.313 e. The number of hydrogen-bond acceptors (Lipinski definition) is 6. The number of fused-ring (bicyclic) bond motifs is 2. The first kappa shape index (κ1) is 27.8. The predicted octanol–water partition coefficient (Wildman–Crippen LogP) is 3.24. The van der Waals surface area contributed by atoms with Crippen molar-refractivity contribution in [2.45, 2.75) is 95.9 Å². The summed E-state index contributed by atoms with van der Waals surface area (Å²) in [6, 6.07) is -1.49. The molecule has 37 heavy (non-hydrogen) atoms. The first-order chi connectivity index (χ1) is 17.8. The van der Waals surface area contributed by atoms with Crippen LogP contribution in [0.15, 0.2) is 24.3 Å². The molecule has 8 nitrogen and oxygen atoms in total. The van der Waals surface area contributed by atoms with Crippen LogP contribution in [0.4, 0.5) is 0 Å². The lowest BCUT2D eigenvalue weighted by atomic mass is 9.73. The topological polar surface area (TPSA) is 96.4 Å². The molecule has 0 aromatic rings. The maximum absolute atomic E-state index is 14.4. The molecular weight excluding hydrogens is 472 g/mol. The molecule has 4 heterocycles. The summed E-state index contributed by atoms with van der Waals surface area (Å²) in [6.45, 7) is 9.18. The quantitative estimate of drug-likeness (QED) is 0.287. The van der Waals surface area contributed by atoms with Gasteiger partial charge in [-0.1, -0.05) is 64.8 Å². The molecule has 6 atom stereocenters. The number of unbranched alkanes of at least 4 members (excludes halogenated alkanes) is 2. The van der Waals surface area contributed by atoms with E-state index in [1.54, 1.807) is 9.80 Å². The van der Waals surface area contributed by atoms with Gasteiger partial charge in [-0.25, -0.2) is 0 Å². The van der Waals surface area contributed by atoms with E-state index < -0.39 is 41.1 Å². The molecule has 1 unspecified atom stereocenters. The van der Waals surface area contributed by atoms with E-state index in [0.29, 0.717) is 32.4 Å². The Labute approximate surface area is 221 Å². The third kappa shape index (κ3) is 4.76. The fourth-order valence-electron chi connectivity index (χ4n) is 6.83. The Bertz CT molecular complexity index is 931. The van der Waals surface area contributed by atoms with Crippen molar-refractivity contribution in [3.8, 4) is 0 Å². The molecule has 0 aliphatic carbocycles. The van der Waals surface area contributed by atoms with Gasteiger partial charge in [-0.15, -0.1) is 0 Å². The van der Waals surface area contributed by atoms with Crippen molar-refractivity contribution in [3.05, 3.63) is 24.3 Å². The number of cyclic esters (lactones) is 1. The molecule has 0 bridgehead atoms. The SMILES string of the molecule is CCCCCN1CC=C[C@]23O[C@@]4(CC)/C=C\CCCOC(=O)[C@H]4[C@H]2C(=O)N([C@@H](CO)CC(C)C)C3C1=O. The van der Waals surface area contributed by atoms with E-state index in [0.717, 1.165) is 25.7 Å². The number of carbonyl (C=O) groups excluding carboxylic acids is 3. The van der Waals surface area contributed by atoms with Crippen LogP contribution in [0.2, 0.25) is 0 Å². The van der Waals surface area contributed by atoms with Crippen molar-refractivity contribution in [2.75, 3.05) is 26.3 Å². The van der Waals surface area contributed by atoms with Crippen molar-refractivity contribution in [3.63, 3.8) is 0 Å². The van der Waals surface area contributed by atoms with Crippen LogP contribution in [0, 0.1) is 17.8 Å². The number of carbonyl (C=O) groups is 3. The summed E-state index contributed by atoms with van der Waals surface area (Å²) in [5.41, 5.74) is -2.35. The molecule has 2 amide bonds. The number of aliphatic hydroxyl groups excluding tert-OH is 1. The summed E-state index contributed by atoms with van der Waals surface area (Å²) in [5, 5.41) is 10.4. The molecule has 1 N–H and O–H groups in total. The average molecular weight is 517 g/mol. The third-order valence-corrected chi connectivity index (χ3v) is 8.53. The first-order valence-corrected chi connectivity index (χ1v) is 14.2. The minimum Gasteiger partial charge on any atom is -0.465 e. The second-order valence-electron chi connectivity index (χ2n) is 11.4. The van der Waals surface area contributed by atoms with Gasteiger partial charge in [0.15, 0.2) is 0 Å². The summed E-state index contributed by atoms with van der Waals surface area (Å²) < 4.78 is 12.6. The van der Waals surface area contributed by atoms with Crippen molar-refractivity contribution < 1.29 is 29.0 Å². The van der Waals surface area contributed by atoms with E-state index in [1.165, 1.54) is 0 Å². The van der Waals surface area contributed by atoms with E-state index in [2.05, 4.69) is 6.92 Å². The van der Waals surface area contributed by atoms with E-state index in [4.69, 9.17) is 9.47 Å². The Balaban J connectivity index is 1.86. The highest BCUT2D eigenvalue weighted by Gasteiger charge is 2.75. The molecule has 1 spiro atoms. The van der Waals surface area contributed by atoms with Gasteiger partial charge >= 0.3 is 5.97 Å². The third-order valence-electron chi connectivity index (χ3n) is 8.53. The number of allylic oxidation sites excluding steroid dienone is 1. The van der Waals surface area contributed by atoms with E-state index in [-0.39, 0.29) is 30.9 Å². The molecule has 0 saturated carbocycles. The van der Waals surface area contributed by atoms with Gasteiger partial charge in [0.05, 0.1) is 25.2 Å². The zero-order chi connectivity index (χ0) is 26.8. The van der Waals surface area contributed by atoms with Crippen LogP contribution in [0.3, 0.4) is 0 Å². The van der Waals surface area contributed by atoms with E-state index >= 15 is 0 Å². The molecular formula is C29H44N2O6. The van der Waals surface area contributed by atoms with Crippen LogP contribution in [0.25, 0.3) is 0 Å². The zero-order valence-electron chi connectivity index (χ0n) is 22.9. The fraction of sp³-hybridized carbons (Fsp3) is 0.759. The lowest BCUT2D eigenvalue weighted by Gasteiger charge is -2.41. The minimum absolute atomic E-state index is 0.172. The van der Waals surface area contributed by atoms with Crippen molar-refractivity contribution >= 4 is 17.8 Å². The van der Waals surface area contributed by atoms with E-state index in [1.807, 2.05) is 45.1 Å². The number of likely N-dealkylation sites (tertiary alicyclic amines) is 1. The maximum atomic E-state index is 14.4. The lowest BCUT2D eigenvalue weighted by Crippen LogP contribution is -2.59. The van der Waals surface area contributed by atoms with Gasteiger partial charge in [0, 0.05) is 13.1 Å². The molecule has 4 rings (SSSR count). The second kappa shape index (κ2) is 11.3. The largest absolute Gasteiger partial charge is 0.465 e. The van der Waals surface area contributed by atoms with Gasteiger partial charge in [-0.05, 0) is 38.0 Å². The Morgan fingerprint density at radius 1 is 1.08 bits per heavy atom. The minimum atomic E-state index is -1.30. The monoisotopic (exact) mass is 516 g/mol. The Morgan fingerprint density at radius 3 is 2.54 bits per heavy atom. The Morgan fingerprint density at radius 2 is 1.86 bits per heavy atom. The molecule has 4 aliphatic heterocycles. The van der Waals surface area contributed by atoms with Crippen LogP contribution in [-0.4, -0.2) is 82.3 Å². The van der Waals surface area contributed by atoms with Gasteiger partial charge in [0.1, 0.15) is 23.2 Å². The average Bonchev–Trinajstić information content (AvgIpc) is 3.26. The number of aliphatic hydroxyl groups is 1. The molecule has 2 fully saturated rings. The summed E-state index contributed by atoms with van der Waals surface area (Å²) in [4.78, 5) is 45.6. The fourth-order valence-corrected chi connectivity index (χ4v) is 6.83. The molecule has 0 radical (unpaired) electrons. The summed E-state index contributed by atoms with van der Waals surface area (Å²) >= 11 is 0. The van der Waals surface area contributed by atoms with Crippen molar-refractivity contribution in [1.29, 1.82) is 0 Å². The van der Waals surface area contributed by atoms with Gasteiger partial charge < -0.3 is 24.4 Å². The summed E-state index contributed by atoms with van der Waals surface area (Å²) in [6.07, 6.45) is 13.1. The highest BCUT2D eigenvalue weighted by molar-refractivity contribution is 5.99. The van der Waals surface area contributed by atoms with Gasteiger partial charge in [-0.3, -0.25) is 14.4 Å².